The third kappa shape index (κ3) is 4.39. The first kappa shape index (κ1) is 20.3. The predicted molar refractivity (Wildman–Crippen MR) is 99.6 cm³/mol. The van der Waals surface area contributed by atoms with E-state index in [0.717, 1.165) is 10.4 Å². The fourth-order valence-corrected chi connectivity index (χ4v) is 4.61. The molecule has 1 N–H and O–H groups in total. The molecule has 0 amide bonds. The molecule has 0 unspecified atom stereocenters. The summed E-state index contributed by atoms with van der Waals surface area (Å²) in [5.41, 5.74) is 0.0249. The standard InChI is InChI=1S/C14H13Cl3N2O4S2/c1-19(2)25(22,23)10-5-3-4-9(6-10)24(20,21)18-14-8-12(16)11(15)7-13(14)17/h3-8,18H,1-2H3. The molecule has 2 rings (SSSR count). The topological polar surface area (TPSA) is 83.6 Å². The van der Waals surface area contributed by atoms with E-state index in [1.807, 2.05) is 0 Å². The molecule has 11 heteroatoms. The molecular formula is C14H13Cl3N2O4S2. The number of hydrogen-bond donors (Lipinski definition) is 1. The first-order valence-electron chi connectivity index (χ1n) is 6.65. The summed E-state index contributed by atoms with van der Waals surface area (Å²) in [5, 5.41) is 0.344. The van der Waals surface area contributed by atoms with Gasteiger partial charge in [-0.05, 0) is 30.3 Å². The quantitative estimate of drug-likeness (QED) is 0.714. The Bertz CT molecular complexity index is 1020. The van der Waals surface area contributed by atoms with E-state index in [4.69, 9.17) is 34.8 Å². The molecule has 6 nitrogen and oxygen atoms in total. The molecule has 0 fully saturated rings. The molecule has 0 aliphatic rings. The van der Waals surface area contributed by atoms with Gasteiger partial charge < -0.3 is 0 Å². The van der Waals surface area contributed by atoms with E-state index < -0.39 is 20.0 Å². The number of benzene rings is 2. The van der Waals surface area contributed by atoms with Crippen molar-refractivity contribution in [2.45, 2.75) is 9.79 Å². The van der Waals surface area contributed by atoms with Crippen LogP contribution in [-0.4, -0.2) is 35.2 Å². The number of rotatable bonds is 5. The summed E-state index contributed by atoms with van der Waals surface area (Å²) in [4.78, 5) is -0.391. The van der Waals surface area contributed by atoms with Gasteiger partial charge in [-0.1, -0.05) is 40.9 Å². The van der Waals surface area contributed by atoms with Crippen LogP contribution in [0.25, 0.3) is 0 Å². The lowest BCUT2D eigenvalue weighted by Crippen LogP contribution is -2.22. The van der Waals surface area contributed by atoms with Gasteiger partial charge in [0.2, 0.25) is 10.0 Å². The SMILES string of the molecule is CN(C)S(=O)(=O)c1cccc(S(=O)(=O)Nc2cc(Cl)c(Cl)cc2Cl)c1. The average molecular weight is 444 g/mol. The monoisotopic (exact) mass is 442 g/mol. The molecule has 0 saturated carbocycles. The van der Waals surface area contributed by atoms with E-state index >= 15 is 0 Å². The van der Waals surface area contributed by atoms with E-state index in [0.29, 0.717) is 0 Å². The molecule has 2 aromatic rings. The van der Waals surface area contributed by atoms with Crippen LogP contribution in [0.3, 0.4) is 0 Å². The number of sulfonamides is 2. The minimum atomic E-state index is -4.09. The van der Waals surface area contributed by atoms with Gasteiger partial charge in [-0.25, -0.2) is 21.1 Å². The maximum absolute atomic E-state index is 12.5. The smallest absolute Gasteiger partial charge is 0.261 e. The Morgan fingerprint density at radius 1 is 0.840 bits per heavy atom. The van der Waals surface area contributed by atoms with Crippen LogP contribution in [0.15, 0.2) is 46.2 Å². The van der Waals surface area contributed by atoms with Gasteiger partial charge in [-0.15, -0.1) is 0 Å². The van der Waals surface area contributed by atoms with Gasteiger partial charge in [-0.2, -0.15) is 0 Å². The van der Waals surface area contributed by atoms with Crippen LogP contribution in [-0.2, 0) is 20.0 Å². The fraction of sp³-hybridized carbons (Fsp3) is 0.143. The summed E-state index contributed by atoms with van der Waals surface area (Å²) >= 11 is 17.6. The van der Waals surface area contributed by atoms with Crippen molar-refractivity contribution in [3.63, 3.8) is 0 Å². The van der Waals surface area contributed by atoms with Crippen molar-refractivity contribution in [1.29, 1.82) is 0 Å². The van der Waals surface area contributed by atoms with Crippen LogP contribution < -0.4 is 4.72 Å². The first-order valence-corrected chi connectivity index (χ1v) is 10.7. The second-order valence-electron chi connectivity index (χ2n) is 5.11. The molecule has 0 heterocycles. The van der Waals surface area contributed by atoms with Crippen molar-refractivity contribution >= 4 is 60.5 Å². The van der Waals surface area contributed by atoms with E-state index in [2.05, 4.69) is 4.72 Å². The molecule has 0 radical (unpaired) electrons. The molecule has 0 aliphatic heterocycles. The highest BCUT2D eigenvalue weighted by Gasteiger charge is 2.22. The molecular weight excluding hydrogens is 431 g/mol. The van der Waals surface area contributed by atoms with Gasteiger partial charge in [0.15, 0.2) is 0 Å². The highest BCUT2D eigenvalue weighted by Crippen LogP contribution is 2.33. The minimum Gasteiger partial charge on any atom is -0.278 e. The maximum atomic E-state index is 12.5. The first-order chi connectivity index (χ1) is 11.4. The lowest BCUT2D eigenvalue weighted by molar-refractivity contribution is 0.520. The van der Waals surface area contributed by atoms with Crippen molar-refractivity contribution in [2.75, 3.05) is 18.8 Å². The summed E-state index contributed by atoms with van der Waals surface area (Å²) in [6.07, 6.45) is 0. The molecule has 0 saturated heterocycles. The highest BCUT2D eigenvalue weighted by atomic mass is 35.5. The zero-order valence-electron chi connectivity index (χ0n) is 13.0. The van der Waals surface area contributed by atoms with E-state index in [1.165, 1.54) is 44.4 Å². The van der Waals surface area contributed by atoms with Crippen LogP contribution in [0.1, 0.15) is 0 Å². The van der Waals surface area contributed by atoms with Gasteiger partial charge in [0.1, 0.15) is 0 Å². The maximum Gasteiger partial charge on any atom is 0.261 e. The fourth-order valence-electron chi connectivity index (χ4n) is 1.82. The lowest BCUT2D eigenvalue weighted by atomic mass is 10.3. The van der Waals surface area contributed by atoms with Crippen molar-refractivity contribution in [2.24, 2.45) is 0 Å². The Balaban J connectivity index is 2.47. The second kappa shape index (κ2) is 7.30. The third-order valence-corrected chi connectivity index (χ3v) is 7.36. The van der Waals surface area contributed by atoms with Gasteiger partial charge in [0, 0.05) is 14.1 Å². The summed E-state index contributed by atoms with van der Waals surface area (Å²) in [5.74, 6) is 0. The Hall–Kier alpha value is -1.03. The highest BCUT2D eigenvalue weighted by molar-refractivity contribution is 7.93. The molecule has 0 bridgehead atoms. The van der Waals surface area contributed by atoms with Gasteiger partial charge in [-0.3, -0.25) is 4.72 Å². The van der Waals surface area contributed by atoms with Crippen LogP contribution >= 0.6 is 34.8 Å². The van der Waals surface area contributed by atoms with Crippen molar-refractivity contribution < 1.29 is 16.8 Å². The molecule has 25 heavy (non-hydrogen) atoms. The van der Waals surface area contributed by atoms with Crippen LogP contribution in [0.5, 0.6) is 0 Å². The minimum absolute atomic E-state index is 0.0249. The lowest BCUT2D eigenvalue weighted by Gasteiger charge is -2.14. The zero-order chi connectivity index (χ0) is 19.0. The number of nitrogens with zero attached hydrogens (tertiary/aromatic N) is 1. The van der Waals surface area contributed by atoms with Crippen LogP contribution in [0.2, 0.25) is 15.1 Å². The molecule has 0 spiro atoms. The summed E-state index contributed by atoms with van der Waals surface area (Å²) in [6, 6.07) is 7.54. The Labute approximate surface area is 161 Å². The van der Waals surface area contributed by atoms with Gasteiger partial charge >= 0.3 is 0 Å². The van der Waals surface area contributed by atoms with Crippen LogP contribution in [0, 0.1) is 0 Å². The van der Waals surface area contributed by atoms with E-state index in [1.54, 1.807) is 0 Å². The molecule has 2 aromatic carbocycles. The Morgan fingerprint density at radius 2 is 1.40 bits per heavy atom. The molecule has 0 aromatic heterocycles. The zero-order valence-corrected chi connectivity index (χ0v) is 16.9. The van der Waals surface area contributed by atoms with Crippen molar-refractivity contribution in [3.05, 3.63) is 51.5 Å². The number of nitrogens with one attached hydrogen (secondary N) is 1. The summed E-state index contributed by atoms with van der Waals surface area (Å²) in [6.45, 7) is 0. The number of anilines is 1. The number of halogens is 3. The largest absolute Gasteiger partial charge is 0.278 e. The molecule has 136 valence electrons. The average Bonchev–Trinajstić information content (AvgIpc) is 2.52. The number of hydrogen-bond acceptors (Lipinski definition) is 4. The summed E-state index contributed by atoms with van der Waals surface area (Å²) < 4.78 is 52.7. The molecule has 0 aliphatic carbocycles. The van der Waals surface area contributed by atoms with E-state index in [9.17, 15) is 16.8 Å². The molecule has 0 atom stereocenters. The summed E-state index contributed by atoms with van der Waals surface area (Å²) in [7, 11) is -5.17. The van der Waals surface area contributed by atoms with E-state index in [-0.39, 0.29) is 30.5 Å². The van der Waals surface area contributed by atoms with Gasteiger partial charge in [0.25, 0.3) is 10.0 Å². The van der Waals surface area contributed by atoms with Crippen molar-refractivity contribution in [1.82, 2.24) is 4.31 Å². The van der Waals surface area contributed by atoms with Crippen molar-refractivity contribution in [3.8, 4) is 0 Å². The van der Waals surface area contributed by atoms with Gasteiger partial charge in [0.05, 0.1) is 30.5 Å². The Morgan fingerprint density at radius 3 is 2.00 bits per heavy atom. The predicted octanol–water partition coefficient (Wildman–Crippen LogP) is 3.70. The Kier molecular flexibility index (Phi) is 5.92. The van der Waals surface area contributed by atoms with Crippen LogP contribution in [0.4, 0.5) is 5.69 Å². The normalized spacial score (nSPS) is 12.4. The second-order valence-corrected chi connectivity index (χ2v) is 10.2. The third-order valence-electron chi connectivity index (χ3n) is 3.15.